The van der Waals surface area contributed by atoms with E-state index in [1.165, 1.54) is 30.7 Å². The van der Waals surface area contributed by atoms with Crippen LogP contribution in [0.3, 0.4) is 0 Å². The van der Waals surface area contributed by atoms with Crippen LogP contribution in [0.4, 0.5) is 4.39 Å². The molecule has 1 aliphatic heterocycles. The van der Waals surface area contributed by atoms with E-state index < -0.39 is 5.97 Å². The monoisotopic (exact) mass is 464 g/mol. The fourth-order valence-electron chi connectivity index (χ4n) is 4.45. The SMILES string of the molecule is CCN1CCC[C@@H]1CNC(=O)CCc1cc(-c2cccc(F)c2)n(-c2ccc(C(=O)O)cc2)n1. The van der Waals surface area contributed by atoms with E-state index in [4.69, 9.17) is 0 Å². The molecule has 4 rings (SSSR count). The third-order valence-corrected chi connectivity index (χ3v) is 6.29. The molecule has 1 atom stereocenters. The van der Waals surface area contributed by atoms with Gasteiger partial charge in [-0.3, -0.25) is 9.69 Å². The molecule has 0 spiro atoms. The maximum absolute atomic E-state index is 13.9. The summed E-state index contributed by atoms with van der Waals surface area (Å²) in [6.45, 7) is 4.88. The van der Waals surface area contributed by atoms with Crippen molar-refractivity contribution in [1.82, 2.24) is 20.0 Å². The number of aromatic nitrogens is 2. The highest BCUT2D eigenvalue weighted by atomic mass is 19.1. The topological polar surface area (TPSA) is 87.5 Å². The average molecular weight is 465 g/mol. The van der Waals surface area contributed by atoms with Crippen molar-refractivity contribution < 1.29 is 19.1 Å². The number of rotatable bonds is 9. The van der Waals surface area contributed by atoms with Gasteiger partial charge in [-0.2, -0.15) is 5.10 Å². The molecule has 0 bridgehead atoms. The number of carbonyl (C=O) groups is 2. The van der Waals surface area contributed by atoms with E-state index in [-0.39, 0.29) is 17.3 Å². The first-order chi connectivity index (χ1) is 16.4. The van der Waals surface area contributed by atoms with Crippen molar-refractivity contribution in [3.05, 3.63) is 71.7 Å². The van der Waals surface area contributed by atoms with E-state index in [1.54, 1.807) is 28.9 Å². The summed E-state index contributed by atoms with van der Waals surface area (Å²) in [6, 6.07) is 14.8. The number of aromatic carboxylic acids is 1. The van der Waals surface area contributed by atoms with Gasteiger partial charge in [0.15, 0.2) is 0 Å². The van der Waals surface area contributed by atoms with E-state index >= 15 is 0 Å². The number of carboxylic acids is 1. The van der Waals surface area contributed by atoms with Crippen molar-refractivity contribution in [1.29, 1.82) is 0 Å². The summed E-state index contributed by atoms with van der Waals surface area (Å²) in [6.07, 6.45) is 3.02. The van der Waals surface area contributed by atoms with Gasteiger partial charge in [0, 0.05) is 31.0 Å². The highest BCUT2D eigenvalue weighted by Crippen LogP contribution is 2.25. The minimum atomic E-state index is -1.01. The molecule has 2 heterocycles. The number of carbonyl (C=O) groups excluding carboxylic acids is 1. The second-order valence-electron chi connectivity index (χ2n) is 8.52. The first-order valence-electron chi connectivity index (χ1n) is 11.6. The maximum Gasteiger partial charge on any atom is 0.335 e. The Morgan fingerprint density at radius 3 is 2.68 bits per heavy atom. The molecule has 1 saturated heterocycles. The zero-order valence-electron chi connectivity index (χ0n) is 19.2. The molecule has 2 aromatic carbocycles. The van der Waals surface area contributed by atoms with Crippen LogP contribution in [0.25, 0.3) is 16.9 Å². The van der Waals surface area contributed by atoms with Crippen molar-refractivity contribution in [2.24, 2.45) is 0 Å². The number of aryl methyl sites for hydroxylation is 1. The Balaban J connectivity index is 1.50. The molecule has 8 heteroatoms. The normalized spacial score (nSPS) is 16.0. The number of halogens is 1. The zero-order valence-corrected chi connectivity index (χ0v) is 19.2. The summed E-state index contributed by atoms with van der Waals surface area (Å²) in [4.78, 5) is 26.1. The minimum Gasteiger partial charge on any atom is -0.478 e. The van der Waals surface area contributed by atoms with Crippen molar-refractivity contribution >= 4 is 11.9 Å². The molecular formula is C26H29FN4O3. The summed E-state index contributed by atoms with van der Waals surface area (Å²) in [5, 5.41) is 16.9. The summed E-state index contributed by atoms with van der Waals surface area (Å²) in [5.74, 6) is -1.39. The fourth-order valence-corrected chi connectivity index (χ4v) is 4.45. The number of likely N-dealkylation sites (tertiary alicyclic amines) is 1. The van der Waals surface area contributed by atoms with Crippen LogP contribution < -0.4 is 5.32 Å². The van der Waals surface area contributed by atoms with Crippen molar-refractivity contribution in [2.45, 2.75) is 38.6 Å². The molecule has 0 unspecified atom stereocenters. The quantitative estimate of drug-likeness (QED) is 0.501. The Morgan fingerprint density at radius 2 is 1.97 bits per heavy atom. The van der Waals surface area contributed by atoms with Crippen molar-refractivity contribution in [2.75, 3.05) is 19.6 Å². The fraction of sp³-hybridized carbons (Fsp3) is 0.346. The van der Waals surface area contributed by atoms with Gasteiger partial charge in [0.1, 0.15) is 5.82 Å². The van der Waals surface area contributed by atoms with Gasteiger partial charge in [0.25, 0.3) is 0 Å². The summed E-state index contributed by atoms with van der Waals surface area (Å²) < 4.78 is 15.6. The van der Waals surface area contributed by atoms with Crippen LogP contribution in [-0.4, -0.2) is 57.3 Å². The molecule has 1 aliphatic rings. The second kappa shape index (κ2) is 10.6. The van der Waals surface area contributed by atoms with E-state index in [1.807, 2.05) is 6.07 Å². The van der Waals surface area contributed by atoms with Gasteiger partial charge < -0.3 is 10.4 Å². The first kappa shape index (κ1) is 23.6. The lowest BCUT2D eigenvalue weighted by Crippen LogP contribution is -2.40. The first-order valence-corrected chi connectivity index (χ1v) is 11.6. The Labute approximate surface area is 198 Å². The van der Waals surface area contributed by atoms with Gasteiger partial charge in [-0.15, -0.1) is 0 Å². The zero-order chi connectivity index (χ0) is 24.1. The van der Waals surface area contributed by atoms with Crippen LogP contribution in [0.2, 0.25) is 0 Å². The number of likely N-dealkylation sites (N-methyl/N-ethyl adjacent to an activating group) is 1. The number of nitrogens with one attached hydrogen (secondary N) is 1. The Bertz CT molecular complexity index is 1160. The molecule has 0 saturated carbocycles. The molecule has 178 valence electrons. The number of amides is 1. The molecule has 3 aromatic rings. The standard InChI is InChI=1S/C26H29FN4O3/c1-2-30-14-4-7-23(30)17-28-25(32)13-10-21-16-24(19-5-3-6-20(27)15-19)31(29-21)22-11-8-18(9-12-22)26(33)34/h3,5-6,8-9,11-12,15-16,23H,2,4,7,10,13-14,17H2,1H3,(H,28,32)(H,33,34)/t23-/m1/s1. The Morgan fingerprint density at radius 1 is 1.18 bits per heavy atom. The lowest BCUT2D eigenvalue weighted by atomic mass is 10.1. The largest absolute Gasteiger partial charge is 0.478 e. The molecule has 7 nitrogen and oxygen atoms in total. The predicted molar refractivity (Wildman–Crippen MR) is 128 cm³/mol. The number of nitrogens with zero attached hydrogens (tertiary/aromatic N) is 3. The van der Waals surface area contributed by atoms with Crippen LogP contribution in [0.5, 0.6) is 0 Å². The van der Waals surface area contributed by atoms with Gasteiger partial charge in [0.2, 0.25) is 5.91 Å². The highest BCUT2D eigenvalue weighted by molar-refractivity contribution is 5.87. The van der Waals surface area contributed by atoms with Crippen molar-refractivity contribution in [3.8, 4) is 16.9 Å². The van der Waals surface area contributed by atoms with Gasteiger partial charge in [-0.1, -0.05) is 19.1 Å². The number of hydrogen-bond acceptors (Lipinski definition) is 4. The van der Waals surface area contributed by atoms with Crippen LogP contribution in [0, 0.1) is 5.82 Å². The minimum absolute atomic E-state index is 0.0179. The summed E-state index contributed by atoms with van der Waals surface area (Å²) in [7, 11) is 0. The summed E-state index contributed by atoms with van der Waals surface area (Å²) in [5.41, 5.74) is 2.84. The van der Waals surface area contributed by atoms with E-state index in [0.29, 0.717) is 48.1 Å². The molecule has 1 aromatic heterocycles. The van der Waals surface area contributed by atoms with Crippen molar-refractivity contribution in [3.63, 3.8) is 0 Å². The number of hydrogen-bond donors (Lipinski definition) is 2. The van der Waals surface area contributed by atoms with Gasteiger partial charge in [0.05, 0.1) is 22.6 Å². The van der Waals surface area contributed by atoms with E-state index in [2.05, 4.69) is 22.2 Å². The van der Waals surface area contributed by atoms with Crippen LogP contribution in [0.15, 0.2) is 54.6 Å². The third kappa shape index (κ3) is 5.51. The molecule has 0 radical (unpaired) electrons. The Kier molecular flexibility index (Phi) is 7.37. The smallest absolute Gasteiger partial charge is 0.335 e. The number of benzene rings is 2. The van der Waals surface area contributed by atoms with Gasteiger partial charge in [-0.25, -0.2) is 13.9 Å². The molecular weight excluding hydrogens is 435 g/mol. The highest BCUT2D eigenvalue weighted by Gasteiger charge is 2.23. The van der Waals surface area contributed by atoms with Crippen LogP contribution in [-0.2, 0) is 11.2 Å². The lowest BCUT2D eigenvalue weighted by molar-refractivity contribution is -0.121. The molecule has 34 heavy (non-hydrogen) atoms. The van der Waals surface area contributed by atoms with E-state index in [9.17, 15) is 19.1 Å². The lowest BCUT2D eigenvalue weighted by Gasteiger charge is -2.22. The Hall–Kier alpha value is -3.52. The van der Waals surface area contributed by atoms with E-state index in [0.717, 1.165) is 19.5 Å². The van der Waals surface area contributed by atoms with Crippen LogP contribution >= 0.6 is 0 Å². The number of carboxylic acid groups (broad SMARTS) is 1. The van der Waals surface area contributed by atoms with Gasteiger partial charge >= 0.3 is 5.97 Å². The van der Waals surface area contributed by atoms with Gasteiger partial charge in [-0.05, 0) is 68.4 Å². The maximum atomic E-state index is 13.9. The predicted octanol–water partition coefficient (Wildman–Crippen LogP) is 3.91. The molecule has 1 fully saturated rings. The molecule has 1 amide bonds. The third-order valence-electron chi connectivity index (χ3n) is 6.29. The molecule has 2 N–H and O–H groups in total. The second-order valence-corrected chi connectivity index (χ2v) is 8.52. The van der Waals surface area contributed by atoms with Crippen LogP contribution in [0.1, 0.15) is 42.2 Å². The average Bonchev–Trinajstić information content (AvgIpc) is 3.48. The molecule has 0 aliphatic carbocycles. The summed E-state index contributed by atoms with van der Waals surface area (Å²) >= 11 is 0.